The molecule has 1 aromatic heterocycles. The Morgan fingerprint density at radius 1 is 1.11 bits per heavy atom. The second-order valence-electron chi connectivity index (χ2n) is 7.42. The topological polar surface area (TPSA) is 72.8 Å². The molecule has 1 heterocycles. The van der Waals surface area contributed by atoms with Gasteiger partial charge in [0.25, 0.3) is 0 Å². The number of aromatic nitrogens is 1. The minimum Gasteiger partial charge on any atom is -0.493 e. The van der Waals surface area contributed by atoms with Crippen LogP contribution in [0.3, 0.4) is 0 Å². The third-order valence-corrected chi connectivity index (χ3v) is 5.48. The van der Waals surface area contributed by atoms with Crippen molar-refractivity contribution in [2.45, 2.75) is 47.2 Å². The van der Waals surface area contributed by atoms with E-state index in [9.17, 15) is 9.59 Å². The normalized spacial score (nSPS) is 13.1. The van der Waals surface area contributed by atoms with Gasteiger partial charge in [0.05, 0.1) is 27.0 Å². The van der Waals surface area contributed by atoms with Crippen LogP contribution in [0.15, 0.2) is 12.1 Å². The standard InChI is InChI=1S/C22H30N2O4/c1-12-9-18(27-7)19(28-8)10-17(12)11-24(6)15(4)22(26)21-13(2)20(16(5)25)14(3)23-21/h9-10,15,23H,11H2,1-8H3/p+1/t15-/m1/s1. The molecule has 2 rings (SSSR count). The fourth-order valence-corrected chi connectivity index (χ4v) is 3.63. The van der Waals surface area contributed by atoms with E-state index in [1.165, 1.54) is 6.92 Å². The summed E-state index contributed by atoms with van der Waals surface area (Å²) >= 11 is 0. The first-order chi connectivity index (χ1) is 13.1. The Morgan fingerprint density at radius 2 is 1.68 bits per heavy atom. The molecule has 0 fully saturated rings. The number of nitrogens with one attached hydrogen (secondary N) is 2. The molecule has 0 saturated heterocycles. The van der Waals surface area contributed by atoms with Crippen LogP contribution in [-0.4, -0.2) is 43.9 Å². The molecular formula is C22H31N2O4+. The van der Waals surface area contributed by atoms with Crippen LogP contribution in [0.5, 0.6) is 11.5 Å². The van der Waals surface area contributed by atoms with Crippen molar-refractivity contribution in [1.82, 2.24) is 4.98 Å². The highest BCUT2D eigenvalue weighted by Crippen LogP contribution is 2.30. The number of carbonyl (C=O) groups is 2. The molecule has 0 aliphatic rings. The zero-order valence-corrected chi connectivity index (χ0v) is 18.1. The van der Waals surface area contributed by atoms with Crippen molar-refractivity contribution in [1.29, 1.82) is 0 Å². The SMILES string of the molecule is COc1cc(C)c(C[NH+](C)[C@H](C)C(=O)c2[nH]c(C)c(C(C)=O)c2C)cc1OC. The fraction of sp³-hybridized carbons (Fsp3) is 0.455. The van der Waals surface area contributed by atoms with Crippen molar-refractivity contribution >= 4 is 11.6 Å². The molecule has 28 heavy (non-hydrogen) atoms. The first-order valence-electron chi connectivity index (χ1n) is 9.40. The van der Waals surface area contributed by atoms with Crippen LogP contribution in [0.2, 0.25) is 0 Å². The summed E-state index contributed by atoms with van der Waals surface area (Å²) < 4.78 is 10.8. The average molecular weight is 388 g/mol. The first-order valence-corrected chi connectivity index (χ1v) is 9.40. The second-order valence-corrected chi connectivity index (χ2v) is 7.42. The van der Waals surface area contributed by atoms with E-state index < -0.39 is 0 Å². The molecule has 0 aliphatic heterocycles. The number of aromatic amines is 1. The van der Waals surface area contributed by atoms with Gasteiger partial charge in [0.1, 0.15) is 6.54 Å². The van der Waals surface area contributed by atoms with Crippen LogP contribution in [0.25, 0.3) is 0 Å². The molecule has 6 nitrogen and oxygen atoms in total. The van der Waals surface area contributed by atoms with Gasteiger partial charge in [-0.15, -0.1) is 0 Å². The van der Waals surface area contributed by atoms with E-state index in [4.69, 9.17) is 9.47 Å². The van der Waals surface area contributed by atoms with Crippen LogP contribution in [0.4, 0.5) is 0 Å². The van der Waals surface area contributed by atoms with E-state index in [0.717, 1.165) is 27.3 Å². The minimum absolute atomic E-state index is 0.00345. The third-order valence-electron chi connectivity index (χ3n) is 5.48. The zero-order chi connectivity index (χ0) is 21.2. The van der Waals surface area contributed by atoms with E-state index in [-0.39, 0.29) is 17.6 Å². The molecular weight excluding hydrogens is 356 g/mol. The minimum atomic E-state index is -0.274. The van der Waals surface area contributed by atoms with Crippen molar-refractivity contribution in [2.75, 3.05) is 21.3 Å². The Balaban J connectivity index is 2.26. The number of aryl methyl sites for hydroxylation is 2. The molecule has 1 aromatic carbocycles. The lowest BCUT2D eigenvalue weighted by Crippen LogP contribution is -3.12. The summed E-state index contributed by atoms with van der Waals surface area (Å²) in [4.78, 5) is 29.1. The van der Waals surface area contributed by atoms with Gasteiger partial charge in [-0.2, -0.15) is 0 Å². The summed E-state index contributed by atoms with van der Waals surface area (Å²) in [5.41, 5.74) is 4.80. The van der Waals surface area contributed by atoms with E-state index in [1.807, 2.05) is 46.9 Å². The summed E-state index contributed by atoms with van der Waals surface area (Å²) in [5.74, 6) is 1.35. The predicted octanol–water partition coefficient (Wildman–Crippen LogP) is 2.45. The average Bonchev–Trinajstić information content (AvgIpc) is 2.95. The monoisotopic (exact) mass is 387 g/mol. The Kier molecular flexibility index (Phi) is 6.67. The van der Waals surface area contributed by atoms with Crippen molar-refractivity contribution in [3.63, 3.8) is 0 Å². The number of quaternary nitrogens is 1. The Hall–Kier alpha value is -2.60. The first kappa shape index (κ1) is 21.7. The summed E-state index contributed by atoms with van der Waals surface area (Å²) in [6, 6.07) is 3.64. The van der Waals surface area contributed by atoms with Crippen molar-refractivity contribution in [3.8, 4) is 11.5 Å². The molecule has 0 bridgehead atoms. The maximum atomic E-state index is 13.1. The number of carbonyl (C=O) groups excluding carboxylic acids is 2. The smallest absolute Gasteiger partial charge is 0.235 e. The summed E-state index contributed by atoms with van der Waals surface area (Å²) in [5, 5.41) is 0. The lowest BCUT2D eigenvalue weighted by Gasteiger charge is -2.22. The molecule has 2 N–H and O–H groups in total. The molecule has 152 valence electrons. The van der Waals surface area contributed by atoms with Gasteiger partial charge in [-0.3, -0.25) is 9.59 Å². The molecule has 2 atom stereocenters. The van der Waals surface area contributed by atoms with Gasteiger partial charge in [0.15, 0.2) is 23.3 Å². The number of likely N-dealkylation sites (N-methyl/N-ethyl adjacent to an activating group) is 1. The summed E-state index contributed by atoms with van der Waals surface area (Å²) in [7, 11) is 5.23. The number of hydrogen-bond donors (Lipinski definition) is 2. The maximum absolute atomic E-state index is 13.1. The van der Waals surface area contributed by atoms with Gasteiger partial charge < -0.3 is 19.4 Å². The largest absolute Gasteiger partial charge is 0.493 e. The van der Waals surface area contributed by atoms with Gasteiger partial charge in [0.2, 0.25) is 5.78 Å². The van der Waals surface area contributed by atoms with E-state index in [1.54, 1.807) is 14.2 Å². The molecule has 0 amide bonds. The lowest BCUT2D eigenvalue weighted by atomic mass is 10.0. The number of hydrogen-bond acceptors (Lipinski definition) is 4. The van der Waals surface area contributed by atoms with E-state index in [2.05, 4.69) is 4.98 Å². The van der Waals surface area contributed by atoms with Crippen LogP contribution in [-0.2, 0) is 6.54 Å². The Morgan fingerprint density at radius 3 is 2.18 bits per heavy atom. The van der Waals surface area contributed by atoms with Gasteiger partial charge in [-0.05, 0) is 57.9 Å². The fourth-order valence-electron chi connectivity index (χ4n) is 3.63. The number of ketones is 2. The van der Waals surface area contributed by atoms with Gasteiger partial charge in [0, 0.05) is 16.8 Å². The number of ether oxygens (including phenoxy) is 2. The highest BCUT2D eigenvalue weighted by Gasteiger charge is 2.29. The van der Waals surface area contributed by atoms with E-state index >= 15 is 0 Å². The molecule has 0 radical (unpaired) electrons. The molecule has 0 aliphatic carbocycles. The third kappa shape index (κ3) is 4.12. The highest BCUT2D eigenvalue weighted by atomic mass is 16.5. The quantitative estimate of drug-likeness (QED) is 0.683. The van der Waals surface area contributed by atoms with Gasteiger partial charge in [-0.25, -0.2) is 0 Å². The predicted molar refractivity (Wildman–Crippen MR) is 109 cm³/mol. The van der Waals surface area contributed by atoms with Crippen LogP contribution in [0.1, 0.15) is 57.1 Å². The van der Waals surface area contributed by atoms with Crippen molar-refractivity contribution < 1.29 is 24.0 Å². The molecule has 0 saturated carbocycles. The Labute approximate surface area is 166 Å². The number of H-pyrrole nitrogens is 1. The van der Waals surface area contributed by atoms with Crippen molar-refractivity contribution in [3.05, 3.63) is 45.8 Å². The molecule has 2 aromatic rings. The van der Waals surface area contributed by atoms with Crippen LogP contribution < -0.4 is 14.4 Å². The summed E-state index contributed by atoms with van der Waals surface area (Å²) in [6.07, 6.45) is 0. The Bertz CT molecular complexity index is 898. The molecule has 6 heteroatoms. The van der Waals surface area contributed by atoms with Gasteiger partial charge >= 0.3 is 0 Å². The van der Waals surface area contributed by atoms with Crippen molar-refractivity contribution in [2.24, 2.45) is 0 Å². The lowest BCUT2D eigenvalue weighted by molar-refractivity contribution is -0.907. The highest BCUT2D eigenvalue weighted by molar-refractivity contribution is 6.04. The van der Waals surface area contributed by atoms with Crippen LogP contribution in [0, 0.1) is 20.8 Å². The second kappa shape index (κ2) is 8.61. The van der Waals surface area contributed by atoms with Crippen LogP contribution >= 0.6 is 0 Å². The van der Waals surface area contributed by atoms with Gasteiger partial charge in [-0.1, -0.05) is 0 Å². The summed E-state index contributed by atoms with van der Waals surface area (Å²) in [6.45, 7) is 9.78. The number of rotatable bonds is 8. The number of methoxy groups -OCH3 is 2. The maximum Gasteiger partial charge on any atom is 0.235 e. The number of benzene rings is 1. The number of Topliss-reactive ketones (excluding diaryl/α,β-unsaturated/α-hetero) is 2. The van der Waals surface area contributed by atoms with E-state index in [0.29, 0.717) is 29.3 Å². The zero-order valence-electron chi connectivity index (χ0n) is 18.1. The molecule has 0 spiro atoms. The molecule has 1 unspecified atom stereocenters.